The molecule has 0 radical (unpaired) electrons. The Morgan fingerprint density at radius 1 is 1.46 bits per heavy atom. The molecule has 0 aliphatic heterocycles. The number of aromatic hydroxyl groups is 1. The molecule has 0 aromatic heterocycles. The third-order valence-corrected chi connectivity index (χ3v) is 2.58. The Labute approximate surface area is 85.9 Å². The smallest absolute Gasteiger partial charge is 0.115 e. The van der Waals surface area contributed by atoms with E-state index in [1.54, 1.807) is 18.2 Å². The van der Waals surface area contributed by atoms with Crippen molar-refractivity contribution in [3.63, 3.8) is 0 Å². The van der Waals surface area contributed by atoms with Gasteiger partial charge in [-0.3, -0.25) is 0 Å². The van der Waals surface area contributed by atoms with E-state index in [4.69, 9.17) is 11.5 Å². The van der Waals surface area contributed by atoms with Gasteiger partial charge >= 0.3 is 0 Å². The van der Waals surface area contributed by atoms with E-state index in [1.165, 1.54) is 0 Å². The molecule has 5 N–H and O–H groups in total. The van der Waals surface area contributed by atoms with Crippen molar-refractivity contribution in [2.45, 2.75) is 12.5 Å². The third-order valence-electron chi connectivity index (χ3n) is 1.86. The minimum absolute atomic E-state index is 0.119. The molecule has 0 unspecified atom stereocenters. The van der Waals surface area contributed by atoms with Crippen molar-refractivity contribution in [1.82, 2.24) is 0 Å². The number of hydrogen-bond acceptors (Lipinski definition) is 3. The lowest BCUT2D eigenvalue weighted by Crippen LogP contribution is -2.15. The van der Waals surface area contributed by atoms with Crippen LogP contribution in [0.2, 0.25) is 0 Å². The number of phenolic OH excluding ortho intramolecular Hbond substituents is 1. The summed E-state index contributed by atoms with van der Waals surface area (Å²) in [6.45, 7) is 0.545. The molecule has 0 fully saturated rings. The van der Waals surface area contributed by atoms with Crippen molar-refractivity contribution < 1.29 is 5.11 Å². The van der Waals surface area contributed by atoms with Crippen molar-refractivity contribution in [3.8, 4) is 5.75 Å². The molecule has 0 aliphatic rings. The summed E-state index contributed by atoms with van der Waals surface area (Å²) in [4.78, 5) is 0. The molecule has 0 amide bonds. The van der Waals surface area contributed by atoms with Crippen LogP contribution in [-0.2, 0) is 0 Å². The molecule has 13 heavy (non-hydrogen) atoms. The first-order chi connectivity index (χ1) is 6.15. The van der Waals surface area contributed by atoms with Gasteiger partial charge in [-0.05, 0) is 36.7 Å². The van der Waals surface area contributed by atoms with Crippen molar-refractivity contribution in [2.24, 2.45) is 11.5 Å². The van der Waals surface area contributed by atoms with Gasteiger partial charge in [0.15, 0.2) is 0 Å². The Balaban J connectivity index is 2.91. The number of phenols is 1. The van der Waals surface area contributed by atoms with Gasteiger partial charge in [0.05, 0.1) is 0 Å². The molecule has 0 saturated heterocycles. The highest BCUT2D eigenvalue weighted by Crippen LogP contribution is 2.27. The van der Waals surface area contributed by atoms with E-state index in [0.717, 1.165) is 10.0 Å². The summed E-state index contributed by atoms with van der Waals surface area (Å²) in [6.07, 6.45) is 0.710. The molecule has 72 valence electrons. The van der Waals surface area contributed by atoms with Crippen LogP contribution in [0.15, 0.2) is 22.7 Å². The average Bonchev–Trinajstić information content (AvgIpc) is 2.09. The maximum Gasteiger partial charge on any atom is 0.115 e. The van der Waals surface area contributed by atoms with Crippen LogP contribution in [0.3, 0.4) is 0 Å². The Bertz CT molecular complexity index is 291. The highest BCUT2D eigenvalue weighted by Gasteiger charge is 2.09. The van der Waals surface area contributed by atoms with Gasteiger partial charge in [0.1, 0.15) is 5.75 Å². The maximum atomic E-state index is 9.25. The SMILES string of the molecule is NCC[C@H](N)c1cc(O)ccc1Br. The van der Waals surface area contributed by atoms with Gasteiger partial charge < -0.3 is 16.6 Å². The zero-order chi connectivity index (χ0) is 9.84. The second-order valence-electron chi connectivity index (χ2n) is 2.89. The molecule has 1 aromatic rings. The van der Waals surface area contributed by atoms with E-state index in [1.807, 2.05) is 0 Å². The zero-order valence-electron chi connectivity index (χ0n) is 7.20. The number of nitrogens with two attached hydrogens (primary N) is 2. The predicted octanol–water partition coefficient (Wildman–Crippen LogP) is 1.50. The fourth-order valence-electron chi connectivity index (χ4n) is 1.15. The molecule has 0 aliphatic carbocycles. The summed E-state index contributed by atoms with van der Waals surface area (Å²) >= 11 is 3.37. The standard InChI is InChI=1S/C9H13BrN2O/c10-8-2-1-6(13)5-7(8)9(12)3-4-11/h1-2,5,9,13H,3-4,11-12H2/t9-/m0/s1. The summed E-state index contributed by atoms with van der Waals surface area (Å²) in [5.41, 5.74) is 12.1. The molecule has 0 heterocycles. The van der Waals surface area contributed by atoms with Crippen molar-refractivity contribution in [2.75, 3.05) is 6.54 Å². The molecule has 3 nitrogen and oxygen atoms in total. The van der Waals surface area contributed by atoms with Crippen molar-refractivity contribution in [3.05, 3.63) is 28.2 Å². The van der Waals surface area contributed by atoms with E-state index in [2.05, 4.69) is 15.9 Å². The summed E-state index contributed by atoms with van der Waals surface area (Å²) < 4.78 is 0.909. The van der Waals surface area contributed by atoms with Crippen LogP contribution in [0.1, 0.15) is 18.0 Å². The van der Waals surface area contributed by atoms with Crippen LogP contribution >= 0.6 is 15.9 Å². The first-order valence-electron chi connectivity index (χ1n) is 4.09. The van der Waals surface area contributed by atoms with Gasteiger partial charge in [0.25, 0.3) is 0 Å². The van der Waals surface area contributed by atoms with E-state index in [-0.39, 0.29) is 11.8 Å². The summed E-state index contributed by atoms with van der Waals surface area (Å²) in [5.74, 6) is 0.227. The molecule has 4 heteroatoms. The fraction of sp³-hybridized carbons (Fsp3) is 0.333. The van der Waals surface area contributed by atoms with Gasteiger partial charge in [0.2, 0.25) is 0 Å². The Hall–Kier alpha value is -0.580. The highest BCUT2D eigenvalue weighted by atomic mass is 79.9. The van der Waals surface area contributed by atoms with Gasteiger partial charge in [-0.15, -0.1) is 0 Å². The van der Waals surface area contributed by atoms with Gasteiger partial charge in [-0.25, -0.2) is 0 Å². The minimum atomic E-state index is -0.119. The topological polar surface area (TPSA) is 72.3 Å². The summed E-state index contributed by atoms with van der Waals surface area (Å²) in [5, 5.41) is 9.25. The van der Waals surface area contributed by atoms with Crippen molar-refractivity contribution >= 4 is 15.9 Å². The first-order valence-corrected chi connectivity index (χ1v) is 4.88. The Morgan fingerprint density at radius 3 is 2.77 bits per heavy atom. The van der Waals surface area contributed by atoms with Gasteiger partial charge in [-0.2, -0.15) is 0 Å². The number of rotatable bonds is 3. The molecule has 0 spiro atoms. The maximum absolute atomic E-state index is 9.25. The lowest BCUT2D eigenvalue weighted by atomic mass is 10.0. The average molecular weight is 245 g/mol. The second kappa shape index (κ2) is 4.60. The highest BCUT2D eigenvalue weighted by molar-refractivity contribution is 9.10. The van der Waals surface area contributed by atoms with Crippen LogP contribution < -0.4 is 11.5 Å². The quantitative estimate of drug-likeness (QED) is 0.755. The normalized spacial score (nSPS) is 12.8. The summed E-state index contributed by atoms with van der Waals surface area (Å²) in [7, 11) is 0. The fourth-order valence-corrected chi connectivity index (χ4v) is 1.69. The lowest BCUT2D eigenvalue weighted by Gasteiger charge is -2.12. The van der Waals surface area contributed by atoms with Crippen LogP contribution in [0.4, 0.5) is 0 Å². The number of hydrogen-bond donors (Lipinski definition) is 3. The minimum Gasteiger partial charge on any atom is -0.508 e. The number of halogens is 1. The van der Waals surface area contributed by atoms with Crippen LogP contribution in [0.25, 0.3) is 0 Å². The van der Waals surface area contributed by atoms with Gasteiger partial charge in [-0.1, -0.05) is 15.9 Å². The van der Waals surface area contributed by atoms with E-state index >= 15 is 0 Å². The van der Waals surface area contributed by atoms with E-state index in [0.29, 0.717) is 13.0 Å². The van der Waals surface area contributed by atoms with Crippen molar-refractivity contribution in [1.29, 1.82) is 0 Å². The van der Waals surface area contributed by atoms with Gasteiger partial charge in [0, 0.05) is 10.5 Å². The molecule has 0 bridgehead atoms. The molecule has 1 aromatic carbocycles. The van der Waals surface area contributed by atoms with Crippen LogP contribution in [0.5, 0.6) is 5.75 Å². The predicted molar refractivity (Wildman–Crippen MR) is 56.4 cm³/mol. The Morgan fingerprint density at radius 2 is 2.15 bits per heavy atom. The Kier molecular flexibility index (Phi) is 3.71. The molecular formula is C9H13BrN2O. The molecular weight excluding hydrogens is 232 g/mol. The van der Waals surface area contributed by atoms with E-state index in [9.17, 15) is 5.11 Å². The van der Waals surface area contributed by atoms with Crippen LogP contribution in [0, 0.1) is 0 Å². The number of benzene rings is 1. The lowest BCUT2D eigenvalue weighted by molar-refractivity contribution is 0.473. The molecule has 1 rings (SSSR count). The molecule has 1 atom stereocenters. The monoisotopic (exact) mass is 244 g/mol. The second-order valence-corrected chi connectivity index (χ2v) is 3.74. The largest absolute Gasteiger partial charge is 0.508 e. The summed E-state index contributed by atoms with van der Waals surface area (Å²) in [6, 6.07) is 4.93. The zero-order valence-corrected chi connectivity index (χ0v) is 8.79. The third kappa shape index (κ3) is 2.69. The van der Waals surface area contributed by atoms with Crippen LogP contribution in [-0.4, -0.2) is 11.7 Å². The first kappa shape index (κ1) is 10.5. The molecule has 0 saturated carbocycles. The van der Waals surface area contributed by atoms with E-state index < -0.39 is 0 Å².